The van der Waals surface area contributed by atoms with Crippen LogP contribution in [0.2, 0.25) is 0 Å². The fourth-order valence-corrected chi connectivity index (χ4v) is 4.49. The summed E-state index contributed by atoms with van der Waals surface area (Å²) < 4.78 is 2.07. The molecule has 3 aromatic rings. The van der Waals surface area contributed by atoms with Crippen molar-refractivity contribution in [3.63, 3.8) is 0 Å². The number of nitrogens with zero attached hydrogens (tertiary/aromatic N) is 2. The third kappa shape index (κ3) is 4.30. The van der Waals surface area contributed by atoms with Gasteiger partial charge in [-0.3, -0.25) is 4.57 Å². The molecule has 1 heterocycles. The Labute approximate surface area is 181 Å². The number of hydrogen-bond acceptors (Lipinski definition) is 4. The molecule has 2 N–H and O–H groups in total. The predicted octanol–water partition coefficient (Wildman–Crippen LogP) is 5.49. The minimum atomic E-state index is -0.945. The van der Waals surface area contributed by atoms with E-state index in [9.17, 15) is 15.0 Å². The first-order valence-electron chi connectivity index (χ1n) is 10.3. The lowest BCUT2D eigenvalue weighted by atomic mass is 9.95. The summed E-state index contributed by atoms with van der Waals surface area (Å²) in [5, 5.41) is 20.7. The predicted molar refractivity (Wildman–Crippen MR) is 122 cm³/mol. The Morgan fingerprint density at radius 1 is 1.10 bits per heavy atom. The molecule has 0 bridgehead atoms. The van der Waals surface area contributed by atoms with E-state index >= 15 is 0 Å². The maximum atomic E-state index is 11.8. The minimum absolute atomic E-state index is 0.100. The van der Waals surface area contributed by atoms with E-state index in [2.05, 4.69) is 18.4 Å². The van der Waals surface area contributed by atoms with Crippen LogP contribution in [-0.2, 0) is 13.0 Å². The maximum absolute atomic E-state index is 11.8. The van der Waals surface area contributed by atoms with Crippen LogP contribution in [0.5, 0.6) is 0 Å². The molecular formula is C24H28N2O3S. The number of aromatic carboxylic acids is 1. The number of aliphatic hydroxyl groups excluding tert-OH is 1. The number of benzene rings is 2. The molecule has 5 nitrogen and oxygen atoms in total. The number of thioether (sulfide) groups is 1. The van der Waals surface area contributed by atoms with E-state index in [1.807, 2.05) is 37.3 Å². The second-order valence-electron chi connectivity index (χ2n) is 7.11. The van der Waals surface area contributed by atoms with Gasteiger partial charge in [0.1, 0.15) is 10.9 Å². The third-order valence-electron chi connectivity index (χ3n) is 5.18. The monoisotopic (exact) mass is 424 g/mol. The molecule has 0 atom stereocenters. The van der Waals surface area contributed by atoms with Crippen LogP contribution in [0.3, 0.4) is 0 Å². The Hall–Kier alpha value is -2.57. The zero-order valence-corrected chi connectivity index (χ0v) is 18.5. The number of carbonyl (C=O) groups is 1. The van der Waals surface area contributed by atoms with Crippen molar-refractivity contribution in [1.29, 1.82) is 0 Å². The second-order valence-corrected chi connectivity index (χ2v) is 8.36. The first-order chi connectivity index (χ1) is 14.5. The fraction of sp³-hybridized carbons (Fsp3) is 0.333. The van der Waals surface area contributed by atoms with Crippen molar-refractivity contribution < 1.29 is 15.0 Å². The number of aryl methyl sites for hydroxylation is 1. The van der Waals surface area contributed by atoms with Crippen molar-refractivity contribution in [3.05, 3.63) is 65.1 Å². The van der Waals surface area contributed by atoms with Gasteiger partial charge >= 0.3 is 5.97 Å². The summed E-state index contributed by atoms with van der Waals surface area (Å²) in [6.07, 6.45) is 2.89. The van der Waals surface area contributed by atoms with E-state index in [1.54, 1.807) is 23.9 Å². The molecule has 2 aromatic carbocycles. The molecule has 30 heavy (non-hydrogen) atoms. The number of aromatic nitrogens is 2. The van der Waals surface area contributed by atoms with Gasteiger partial charge in [0.05, 0.1) is 23.6 Å². The molecule has 0 saturated carbocycles. The number of carboxylic acid groups (broad SMARTS) is 1. The van der Waals surface area contributed by atoms with E-state index in [1.165, 1.54) is 0 Å². The van der Waals surface area contributed by atoms with E-state index in [-0.39, 0.29) is 12.2 Å². The van der Waals surface area contributed by atoms with Crippen molar-refractivity contribution in [3.8, 4) is 16.8 Å². The summed E-state index contributed by atoms with van der Waals surface area (Å²) in [5.74, 6) is 0.866. The van der Waals surface area contributed by atoms with Crippen LogP contribution in [0.25, 0.3) is 16.8 Å². The van der Waals surface area contributed by atoms with E-state index in [0.29, 0.717) is 5.56 Å². The molecule has 158 valence electrons. The molecule has 0 unspecified atom stereocenters. The molecule has 0 aliphatic heterocycles. The summed E-state index contributed by atoms with van der Waals surface area (Å²) >= 11 is 1.63. The van der Waals surface area contributed by atoms with Gasteiger partial charge in [-0.1, -0.05) is 50.6 Å². The van der Waals surface area contributed by atoms with Gasteiger partial charge in [0.25, 0.3) is 0 Å². The highest BCUT2D eigenvalue weighted by molar-refractivity contribution is 7.99. The van der Waals surface area contributed by atoms with Crippen molar-refractivity contribution >= 4 is 17.7 Å². The number of hydrogen-bond donors (Lipinski definition) is 2. The highest BCUT2D eigenvalue weighted by Gasteiger charge is 2.21. The molecule has 0 spiro atoms. The van der Waals surface area contributed by atoms with Gasteiger partial charge in [-0.05, 0) is 47.9 Å². The third-order valence-corrected chi connectivity index (χ3v) is 6.07. The van der Waals surface area contributed by atoms with Gasteiger partial charge in [0.15, 0.2) is 0 Å². The summed E-state index contributed by atoms with van der Waals surface area (Å²) in [7, 11) is 0. The Bertz CT molecular complexity index is 1040. The molecule has 1 aromatic heterocycles. The SMILES string of the molecule is CCCCc1nc(SCC)c(CO)n1-c1cccc(-c2ccccc2C(=O)O)c1C. The molecule has 0 amide bonds. The highest BCUT2D eigenvalue weighted by atomic mass is 32.2. The zero-order chi connectivity index (χ0) is 21.7. The Kier molecular flexibility index (Phi) is 7.34. The van der Waals surface area contributed by atoms with Crippen LogP contribution < -0.4 is 0 Å². The van der Waals surface area contributed by atoms with Gasteiger partial charge < -0.3 is 10.2 Å². The quantitative estimate of drug-likeness (QED) is 0.444. The number of unbranched alkanes of at least 4 members (excludes halogenated alkanes) is 1. The lowest BCUT2D eigenvalue weighted by molar-refractivity contribution is 0.0697. The van der Waals surface area contributed by atoms with Crippen LogP contribution in [0, 0.1) is 6.92 Å². The maximum Gasteiger partial charge on any atom is 0.336 e. The van der Waals surface area contributed by atoms with E-state index < -0.39 is 5.97 Å². The van der Waals surface area contributed by atoms with E-state index in [0.717, 1.165) is 58.4 Å². The topological polar surface area (TPSA) is 75.4 Å². The van der Waals surface area contributed by atoms with Crippen molar-refractivity contribution in [2.75, 3.05) is 5.75 Å². The Morgan fingerprint density at radius 2 is 1.83 bits per heavy atom. The summed E-state index contributed by atoms with van der Waals surface area (Å²) in [5.41, 5.74) is 4.52. The summed E-state index contributed by atoms with van der Waals surface area (Å²) in [6, 6.07) is 13.0. The van der Waals surface area contributed by atoms with Gasteiger partial charge in [-0.25, -0.2) is 9.78 Å². The number of imidazole rings is 1. The lowest BCUT2D eigenvalue weighted by Crippen LogP contribution is -2.08. The number of carboxylic acids is 1. The lowest BCUT2D eigenvalue weighted by Gasteiger charge is -2.17. The van der Waals surface area contributed by atoms with Crippen molar-refractivity contribution in [2.45, 2.75) is 51.7 Å². The van der Waals surface area contributed by atoms with Gasteiger partial charge in [0, 0.05) is 6.42 Å². The summed E-state index contributed by atoms with van der Waals surface area (Å²) in [4.78, 5) is 16.6. The fourth-order valence-electron chi connectivity index (χ4n) is 3.72. The standard InChI is InChI=1S/C24H28N2O3S/c1-4-6-14-22-25-23(30-5-2)21(15-27)26(22)20-13-9-12-17(16(20)3)18-10-7-8-11-19(18)24(28)29/h7-13,27H,4-6,14-15H2,1-3H3,(H,28,29). The van der Waals surface area contributed by atoms with Crippen LogP contribution in [0.15, 0.2) is 47.5 Å². The number of aliphatic hydroxyl groups is 1. The molecule has 0 aliphatic carbocycles. The van der Waals surface area contributed by atoms with E-state index in [4.69, 9.17) is 4.98 Å². The molecule has 0 aliphatic rings. The molecule has 3 rings (SSSR count). The highest BCUT2D eigenvalue weighted by Crippen LogP contribution is 2.34. The van der Waals surface area contributed by atoms with Crippen LogP contribution in [-0.4, -0.2) is 31.5 Å². The van der Waals surface area contributed by atoms with Crippen molar-refractivity contribution in [1.82, 2.24) is 9.55 Å². The molecule has 6 heteroatoms. The normalized spacial score (nSPS) is 11.1. The smallest absolute Gasteiger partial charge is 0.336 e. The largest absolute Gasteiger partial charge is 0.478 e. The van der Waals surface area contributed by atoms with Crippen LogP contribution in [0.1, 0.15) is 54.1 Å². The van der Waals surface area contributed by atoms with Crippen LogP contribution >= 0.6 is 11.8 Å². The molecule has 0 fully saturated rings. The minimum Gasteiger partial charge on any atom is -0.478 e. The number of rotatable bonds is 9. The molecule has 0 radical (unpaired) electrons. The molecule has 0 saturated heterocycles. The van der Waals surface area contributed by atoms with Gasteiger partial charge in [-0.2, -0.15) is 0 Å². The average molecular weight is 425 g/mol. The van der Waals surface area contributed by atoms with Gasteiger partial charge in [0.2, 0.25) is 0 Å². The summed E-state index contributed by atoms with van der Waals surface area (Å²) in [6.45, 7) is 6.12. The molecular weight excluding hydrogens is 396 g/mol. The van der Waals surface area contributed by atoms with Crippen LogP contribution in [0.4, 0.5) is 0 Å². The Morgan fingerprint density at radius 3 is 2.50 bits per heavy atom. The second kappa shape index (κ2) is 9.96. The Balaban J connectivity index is 2.23. The van der Waals surface area contributed by atoms with Crippen molar-refractivity contribution in [2.24, 2.45) is 0 Å². The average Bonchev–Trinajstić information content (AvgIpc) is 3.09. The zero-order valence-electron chi connectivity index (χ0n) is 17.7. The first kappa shape index (κ1) is 22.1. The first-order valence-corrected chi connectivity index (χ1v) is 11.3. The van der Waals surface area contributed by atoms with Gasteiger partial charge in [-0.15, -0.1) is 11.8 Å².